The fourth-order valence-corrected chi connectivity index (χ4v) is 1.96. The second-order valence-corrected chi connectivity index (χ2v) is 4.76. The quantitative estimate of drug-likeness (QED) is 0.835. The molecule has 0 fully saturated rings. The lowest BCUT2D eigenvalue weighted by Crippen LogP contribution is -2.10. The van der Waals surface area contributed by atoms with Crippen molar-refractivity contribution in [2.24, 2.45) is 0 Å². The van der Waals surface area contributed by atoms with Crippen LogP contribution in [-0.4, -0.2) is 11.1 Å². The van der Waals surface area contributed by atoms with Crippen LogP contribution in [0.25, 0.3) is 5.57 Å². The number of carboxylic acid groups (broad SMARTS) is 1. The van der Waals surface area contributed by atoms with Gasteiger partial charge < -0.3 is 9.84 Å². The highest BCUT2D eigenvalue weighted by atomic mass is 19.4. The lowest BCUT2D eigenvalue weighted by atomic mass is 10.0. The monoisotopic (exact) mass is 322 g/mol. The molecule has 2 heterocycles. The van der Waals surface area contributed by atoms with Crippen LogP contribution in [-0.2, 0) is 17.6 Å². The Labute approximate surface area is 130 Å². The van der Waals surface area contributed by atoms with Gasteiger partial charge in [-0.05, 0) is 23.8 Å². The molecule has 120 valence electrons. The first kappa shape index (κ1) is 16.6. The molecule has 0 amide bonds. The summed E-state index contributed by atoms with van der Waals surface area (Å²) in [4.78, 5) is 10.5. The molecule has 2 aliphatic rings. The molecular formula is C17H13F3O3. The molecule has 0 aliphatic carbocycles. The first-order chi connectivity index (χ1) is 10.8. The summed E-state index contributed by atoms with van der Waals surface area (Å²) in [7, 11) is 0. The Morgan fingerprint density at radius 1 is 1.09 bits per heavy atom. The van der Waals surface area contributed by atoms with Crippen LogP contribution in [0.4, 0.5) is 13.2 Å². The molecule has 2 bridgehead atoms. The molecule has 23 heavy (non-hydrogen) atoms. The molecule has 0 spiro atoms. The van der Waals surface area contributed by atoms with E-state index < -0.39 is 28.8 Å². The lowest BCUT2D eigenvalue weighted by Gasteiger charge is -2.11. The van der Waals surface area contributed by atoms with Crippen molar-refractivity contribution >= 4 is 11.5 Å². The standard InChI is InChI=1S/C10H7F3O2.C7H6O/c1-6(9(14)15)7-4-2-3-5-8(7)10(11,12)13;1-3-7-4-2-6(1)5-8-7/h2-5H,1H2,(H,14,15);1-4H,5H2. The van der Waals surface area contributed by atoms with Crippen molar-refractivity contribution in [1.82, 2.24) is 0 Å². The third kappa shape index (κ3) is 4.12. The number of halogens is 3. The number of ether oxygens (including phenoxy) is 1. The number of hydrogen-bond acceptors (Lipinski definition) is 2. The summed E-state index contributed by atoms with van der Waals surface area (Å²) >= 11 is 0. The van der Waals surface area contributed by atoms with Gasteiger partial charge >= 0.3 is 12.1 Å². The Kier molecular flexibility index (Phi) is 4.74. The van der Waals surface area contributed by atoms with Gasteiger partial charge in [-0.15, -0.1) is 0 Å². The first-order valence-electron chi connectivity index (χ1n) is 6.59. The maximum absolute atomic E-state index is 12.4. The maximum Gasteiger partial charge on any atom is 0.417 e. The van der Waals surface area contributed by atoms with E-state index in [0.717, 1.165) is 24.5 Å². The third-order valence-electron chi connectivity index (χ3n) is 3.14. The fourth-order valence-electron chi connectivity index (χ4n) is 1.96. The Hall–Kier alpha value is -2.76. The number of carboxylic acids is 1. The van der Waals surface area contributed by atoms with E-state index in [0.29, 0.717) is 0 Å². The zero-order valence-corrected chi connectivity index (χ0v) is 11.9. The molecule has 3 nitrogen and oxygen atoms in total. The predicted molar refractivity (Wildman–Crippen MR) is 78.9 cm³/mol. The van der Waals surface area contributed by atoms with Crippen molar-refractivity contribution in [2.75, 3.05) is 0 Å². The Bertz CT molecular complexity index is 696. The van der Waals surface area contributed by atoms with Gasteiger partial charge in [0.25, 0.3) is 0 Å². The largest absolute Gasteiger partial charge is 0.489 e. The second-order valence-electron chi connectivity index (χ2n) is 4.76. The molecule has 0 saturated heterocycles. The van der Waals surface area contributed by atoms with Crippen molar-refractivity contribution < 1.29 is 27.8 Å². The van der Waals surface area contributed by atoms with E-state index in [1.54, 1.807) is 0 Å². The van der Waals surface area contributed by atoms with Crippen LogP contribution in [0.3, 0.4) is 0 Å². The highest BCUT2D eigenvalue weighted by molar-refractivity contribution is 6.14. The van der Waals surface area contributed by atoms with E-state index in [4.69, 9.17) is 9.84 Å². The van der Waals surface area contributed by atoms with Crippen molar-refractivity contribution in [3.8, 4) is 5.75 Å². The summed E-state index contributed by atoms with van der Waals surface area (Å²) in [5.74, 6) is -0.480. The number of hydrogen-bond donors (Lipinski definition) is 1. The molecular weight excluding hydrogens is 309 g/mol. The number of carbonyl (C=O) groups is 1. The van der Waals surface area contributed by atoms with Crippen molar-refractivity contribution in [2.45, 2.75) is 12.8 Å². The minimum Gasteiger partial charge on any atom is -0.489 e. The van der Waals surface area contributed by atoms with Gasteiger partial charge in [0.1, 0.15) is 12.4 Å². The smallest absolute Gasteiger partial charge is 0.417 e. The second kappa shape index (κ2) is 6.56. The van der Waals surface area contributed by atoms with Gasteiger partial charge in [0.15, 0.2) is 0 Å². The van der Waals surface area contributed by atoms with E-state index in [1.807, 2.05) is 12.1 Å². The summed E-state index contributed by atoms with van der Waals surface area (Å²) in [6.45, 7) is 3.87. The summed E-state index contributed by atoms with van der Waals surface area (Å²) < 4.78 is 42.5. The predicted octanol–water partition coefficient (Wildman–Crippen LogP) is 4.38. The van der Waals surface area contributed by atoms with Gasteiger partial charge in [-0.2, -0.15) is 13.2 Å². The minimum absolute atomic E-state index is 0.405. The molecule has 0 radical (unpaired) electrons. The summed E-state index contributed by atoms with van der Waals surface area (Å²) in [5.41, 5.74) is -0.696. The molecule has 0 unspecified atom stereocenters. The van der Waals surface area contributed by atoms with E-state index in [9.17, 15) is 18.0 Å². The molecule has 2 aromatic carbocycles. The molecule has 2 aromatic rings. The van der Waals surface area contributed by atoms with Crippen molar-refractivity contribution in [1.29, 1.82) is 0 Å². The van der Waals surface area contributed by atoms with Gasteiger partial charge in [0.05, 0.1) is 11.1 Å². The topological polar surface area (TPSA) is 46.5 Å². The molecule has 1 N–H and O–H groups in total. The number of alkyl halides is 3. The molecule has 2 aliphatic heterocycles. The summed E-state index contributed by atoms with van der Waals surface area (Å²) in [6, 6.07) is 12.6. The van der Waals surface area contributed by atoms with Gasteiger partial charge in [-0.3, -0.25) is 0 Å². The zero-order chi connectivity index (χ0) is 17.0. The van der Waals surface area contributed by atoms with E-state index >= 15 is 0 Å². The average Bonchev–Trinajstić information content (AvgIpc) is 2.55. The summed E-state index contributed by atoms with van der Waals surface area (Å²) in [5, 5.41) is 8.56. The Balaban J connectivity index is 0.000000198. The van der Waals surface area contributed by atoms with Crippen LogP contribution < -0.4 is 4.74 Å². The van der Waals surface area contributed by atoms with E-state index in [1.165, 1.54) is 17.7 Å². The highest BCUT2D eigenvalue weighted by Gasteiger charge is 2.34. The van der Waals surface area contributed by atoms with Gasteiger partial charge in [0, 0.05) is 5.56 Å². The molecule has 4 rings (SSSR count). The maximum atomic E-state index is 12.4. The number of benzene rings is 2. The lowest BCUT2D eigenvalue weighted by molar-refractivity contribution is -0.137. The SMILES string of the molecule is C=C(C(=O)O)c1ccccc1C(F)(F)F.c1cc2ccc1CO2. The van der Waals surface area contributed by atoms with E-state index in [2.05, 4.69) is 18.7 Å². The van der Waals surface area contributed by atoms with Crippen LogP contribution in [0.2, 0.25) is 0 Å². The molecule has 6 heteroatoms. The normalized spacial score (nSPS) is 12.0. The fraction of sp³-hybridized carbons (Fsp3) is 0.118. The Morgan fingerprint density at radius 3 is 2.04 bits per heavy atom. The highest BCUT2D eigenvalue weighted by Crippen LogP contribution is 2.34. The van der Waals surface area contributed by atoms with Crippen LogP contribution in [0.1, 0.15) is 16.7 Å². The van der Waals surface area contributed by atoms with Gasteiger partial charge in [-0.25, -0.2) is 4.79 Å². The molecule has 0 atom stereocenters. The van der Waals surface area contributed by atoms with Crippen LogP contribution >= 0.6 is 0 Å². The Morgan fingerprint density at radius 2 is 1.70 bits per heavy atom. The molecule has 0 aromatic heterocycles. The van der Waals surface area contributed by atoms with Crippen LogP contribution in [0, 0.1) is 0 Å². The first-order valence-corrected chi connectivity index (χ1v) is 6.59. The third-order valence-corrected chi connectivity index (χ3v) is 3.14. The number of rotatable bonds is 2. The van der Waals surface area contributed by atoms with E-state index in [-0.39, 0.29) is 0 Å². The summed E-state index contributed by atoms with van der Waals surface area (Å²) in [6.07, 6.45) is -4.57. The van der Waals surface area contributed by atoms with Crippen molar-refractivity contribution in [3.05, 3.63) is 71.8 Å². The van der Waals surface area contributed by atoms with Gasteiger partial charge in [-0.1, -0.05) is 36.9 Å². The van der Waals surface area contributed by atoms with Crippen molar-refractivity contribution in [3.63, 3.8) is 0 Å². The molecule has 0 saturated carbocycles. The number of fused-ring (bicyclic) bond motifs is 3. The van der Waals surface area contributed by atoms with Gasteiger partial charge in [0.2, 0.25) is 0 Å². The number of aliphatic carboxylic acids is 1. The minimum atomic E-state index is -4.57. The average molecular weight is 322 g/mol. The van der Waals surface area contributed by atoms with Crippen LogP contribution in [0.15, 0.2) is 55.1 Å². The zero-order valence-electron chi connectivity index (χ0n) is 11.9. The van der Waals surface area contributed by atoms with Crippen LogP contribution in [0.5, 0.6) is 5.75 Å².